The van der Waals surface area contributed by atoms with E-state index in [9.17, 15) is 0 Å². The molecular formula is C13H10BrNO. The number of aromatic hydroxyl groups is 1. The Morgan fingerprint density at radius 3 is 2.19 bits per heavy atom. The van der Waals surface area contributed by atoms with Crippen LogP contribution in [0.5, 0.6) is 5.75 Å². The Labute approximate surface area is 102 Å². The van der Waals surface area contributed by atoms with Crippen LogP contribution in [-0.4, -0.2) is 11.3 Å². The maximum absolute atomic E-state index is 9.12. The van der Waals surface area contributed by atoms with Gasteiger partial charge >= 0.3 is 0 Å². The van der Waals surface area contributed by atoms with Crippen molar-refractivity contribution in [2.45, 2.75) is 0 Å². The van der Waals surface area contributed by atoms with Crippen molar-refractivity contribution in [2.24, 2.45) is 4.99 Å². The molecule has 0 saturated heterocycles. The molecule has 0 saturated carbocycles. The zero-order valence-electron chi connectivity index (χ0n) is 8.47. The van der Waals surface area contributed by atoms with Crippen molar-refractivity contribution < 1.29 is 5.11 Å². The van der Waals surface area contributed by atoms with Crippen LogP contribution in [0.2, 0.25) is 0 Å². The molecule has 0 fully saturated rings. The molecular weight excluding hydrogens is 266 g/mol. The summed E-state index contributed by atoms with van der Waals surface area (Å²) in [7, 11) is 0. The summed E-state index contributed by atoms with van der Waals surface area (Å²) < 4.78 is 1.05. The molecule has 2 nitrogen and oxygen atoms in total. The van der Waals surface area contributed by atoms with Gasteiger partial charge in [0.1, 0.15) is 5.75 Å². The number of phenolic OH excluding ortho intramolecular Hbond substituents is 1. The van der Waals surface area contributed by atoms with Crippen molar-refractivity contribution in [3.8, 4) is 5.75 Å². The Balaban J connectivity index is 2.15. The van der Waals surface area contributed by atoms with Crippen LogP contribution >= 0.6 is 15.9 Å². The van der Waals surface area contributed by atoms with Gasteiger partial charge in [0.15, 0.2) is 0 Å². The first-order valence-electron chi connectivity index (χ1n) is 4.83. The van der Waals surface area contributed by atoms with Gasteiger partial charge in [-0.3, -0.25) is 4.99 Å². The van der Waals surface area contributed by atoms with Crippen LogP contribution in [0, 0.1) is 0 Å². The molecule has 2 aromatic carbocycles. The highest BCUT2D eigenvalue weighted by molar-refractivity contribution is 9.10. The molecule has 0 heterocycles. The molecule has 0 aliphatic carbocycles. The maximum atomic E-state index is 9.12. The molecule has 0 aliphatic heterocycles. The molecule has 0 aromatic heterocycles. The van der Waals surface area contributed by atoms with Crippen molar-refractivity contribution >= 4 is 27.8 Å². The van der Waals surface area contributed by atoms with Gasteiger partial charge in [0, 0.05) is 10.7 Å². The van der Waals surface area contributed by atoms with Gasteiger partial charge in [-0.2, -0.15) is 0 Å². The third-order valence-electron chi connectivity index (χ3n) is 2.08. The van der Waals surface area contributed by atoms with E-state index in [1.807, 2.05) is 24.3 Å². The fourth-order valence-corrected chi connectivity index (χ4v) is 1.50. The second kappa shape index (κ2) is 4.94. The van der Waals surface area contributed by atoms with E-state index in [0.29, 0.717) is 0 Å². The van der Waals surface area contributed by atoms with Crippen LogP contribution in [-0.2, 0) is 0 Å². The van der Waals surface area contributed by atoms with Gasteiger partial charge in [-0.05, 0) is 42.0 Å². The summed E-state index contributed by atoms with van der Waals surface area (Å²) in [4.78, 5) is 4.30. The van der Waals surface area contributed by atoms with Gasteiger partial charge in [0.05, 0.1) is 5.69 Å². The van der Waals surface area contributed by atoms with Crippen LogP contribution < -0.4 is 0 Å². The molecule has 0 radical (unpaired) electrons. The molecule has 0 aliphatic rings. The molecule has 0 atom stereocenters. The minimum atomic E-state index is 0.252. The summed E-state index contributed by atoms with van der Waals surface area (Å²) >= 11 is 3.38. The molecule has 0 bridgehead atoms. The predicted octanol–water partition coefficient (Wildman–Crippen LogP) is 3.91. The number of halogens is 1. The van der Waals surface area contributed by atoms with Crippen molar-refractivity contribution in [2.75, 3.05) is 0 Å². The Bertz CT molecular complexity index is 441. The van der Waals surface area contributed by atoms with Crippen molar-refractivity contribution in [1.29, 1.82) is 0 Å². The van der Waals surface area contributed by atoms with Gasteiger partial charge in [-0.15, -0.1) is 0 Å². The van der Waals surface area contributed by atoms with E-state index in [2.05, 4.69) is 20.9 Å². The maximum Gasteiger partial charge on any atom is 0.115 e. The first-order chi connectivity index (χ1) is 7.74. The molecule has 2 rings (SSSR count). The Hall–Kier alpha value is -1.61. The molecule has 80 valence electrons. The summed E-state index contributed by atoms with van der Waals surface area (Å²) in [5.74, 6) is 0.252. The SMILES string of the molecule is Oc1ccc(N=Cc2ccc(Br)cc2)cc1. The van der Waals surface area contributed by atoms with E-state index < -0.39 is 0 Å². The van der Waals surface area contributed by atoms with E-state index in [1.54, 1.807) is 30.5 Å². The van der Waals surface area contributed by atoms with Gasteiger partial charge in [0.2, 0.25) is 0 Å². The topological polar surface area (TPSA) is 32.6 Å². The molecule has 0 unspecified atom stereocenters. The van der Waals surface area contributed by atoms with Crippen molar-refractivity contribution in [1.82, 2.24) is 0 Å². The lowest BCUT2D eigenvalue weighted by Crippen LogP contribution is -1.78. The number of phenols is 1. The quantitative estimate of drug-likeness (QED) is 0.829. The number of aliphatic imine (C=N–C) groups is 1. The summed E-state index contributed by atoms with van der Waals surface area (Å²) in [6.07, 6.45) is 1.79. The largest absolute Gasteiger partial charge is 0.508 e. The number of hydrogen-bond acceptors (Lipinski definition) is 2. The normalized spacial score (nSPS) is 10.8. The lowest BCUT2D eigenvalue weighted by atomic mass is 10.2. The van der Waals surface area contributed by atoms with E-state index in [-0.39, 0.29) is 5.75 Å². The van der Waals surface area contributed by atoms with E-state index in [0.717, 1.165) is 15.7 Å². The third-order valence-corrected chi connectivity index (χ3v) is 2.61. The number of rotatable bonds is 2. The number of nitrogens with zero attached hydrogens (tertiary/aromatic N) is 1. The first kappa shape index (κ1) is 10.9. The zero-order chi connectivity index (χ0) is 11.4. The summed E-state index contributed by atoms with van der Waals surface area (Å²) in [6.45, 7) is 0. The molecule has 1 N–H and O–H groups in total. The van der Waals surface area contributed by atoms with Gasteiger partial charge < -0.3 is 5.11 Å². The average Bonchev–Trinajstić information content (AvgIpc) is 2.30. The van der Waals surface area contributed by atoms with Gasteiger partial charge in [-0.25, -0.2) is 0 Å². The second-order valence-electron chi connectivity index (χ2n) is 3.33. The first-order valence-corrected chi connectivity index (χ1v) is 5.62. The Morgan fingerprint density at radius 2 is 1.56 bits per heavy atom. The van der Waals surface area contributed by atoms with Crippen LogP contribution in [0.1, 0.15) is 5.56 Å². The zero-order valence-corrected chi connectivity index (χ0v) is 10.1. The van der Waals surface area contributed by atoms with Crippen LogP contribution in [0.4, 0.5) is 5.69 Å². The summed E-state index contributed by atoms with van der Waals surface area (Å²) in [5.41, 5.74) is 1.86. The van der Waals surface area contributed by atoms with E-state index in [1.165, 1.54) is 0 Å². The fraction of sp³-hybridized carbons (Fsp3) is 0. The summed E-state index contributed by atoms with van der Waals surface area (Å²) in [5, 5.41) is 9.12. The van der Waals surface area contributed by atoms with Gasteiger partial charge in [0.25, 0.3) is 0 Å². The van der Waals surface area contributed by atoms with E-state index in [4.69, 9.17) is 5.11 Å². The summed E-state index contributed by atoms with van der Waals surface area (Å²) in [6, 6.07) is 14.7. The number of hydrogen-bond donors (Lipinski definition) is 1. The van der Waals surface area contributed by atoms with Crippen LogP contribution in [0.3, 0.4) is 0 Å². The average molecular weight is 276 g/mol. The molecule has 16 heavy (non-hydrogen) atoms. The standard InChI is InChI=1S/C13H10BrNO/c14-11-3-1-10(2-4-11)9-15-12-5-7-13(16)8-6-12/h1-9,16H. The smallest absolute Gasteiger partial charge is 0.115 e. The predicted molar refractivity (Wildman–Crippen MR) is 69.5 cm³/mol. The third kappa shape index (κ3) is 2.94. The highest BCUT2D eigenvalue weighted by Crippen LogP contribution is 2.16. The second-order valence-corrected chi connectivity index (χ2v) is 4.24. The lowest BCUT2D eigenvalue weighted by Gasteiger charge is -1.95. The molecule has 3 heteroatoms. The molecule has 0 amide bonds. The molecule has 2 aromatic rings. The Kier molecular flexibility index (Phi) is 3.37. The lowest BCUT2D eigenvalue weighted by molar-refractivity contribution is 0.475. The highest BCUT2D eigenvalue weighted by atomic mass is 79.9. The Morgan fingerprint density at radius 1 is 0.938 bits per heavy atom. The van der Waals surface area contributed by atoms with Gasteiger partial charge in [-0.1, -0.05) is 28.1 Å². The van der Waals surface area contributed by atoms with Crippen molar-refractivity contribution in [3.05, 3.63) is 58.6 Å². The van der Waals surface area contributed by atoms with Crippen LogP contribution in [0.15, 0.2) is 58.0 Å². The fourth-order valence-electron chi connectivity index (χ4n) is 1.24. The number of benzene rings is 2. The molecule has 0 spiro atoms. The van der Waals surface area contributed by atoms with E-state index >= 15 is 0 Å². The minimum Gasteiger partial charge on any atom is -0.508 e. The van der Waals surface area contributed by atoms with Crippen molar-refractivity contribution in [3.63, 3.8) is 0 Å². The highest BCUT2D eigenvalue weighted by Gasteiger charge is 1.90. The monoisotopic (exact) mass is 275 g/mol. The van der Waals surface area contributed by atoms with Crippen LogP contribution in [0.25, 0.3) is 0 Å². The minimum absolute atomic E-state index is 0.252.